The molecule has 1 heterocycles. The zero-order valence-electron chi connectivity index (χ0n) is 7.40. The highest BCUT2D eigenvalue weighted by molar-refractivity contribution is 6.30. The Balaban J connectivity index is 1.98. The van der Waals surface area contributed by atoms with E-state index < -0.39 is 0 Å². The van der Waals surface area contributed by atoms with Crippen LogP contribution in [0.15, 0.2) is 41.3 Å². The fraction of sp³-hybridized carbons (Fsp3) is 0.100. The molecular formula is C10H9ClN2O. The Morgan fingerprint density at radius 2 is 2.36 bits per heavy atom. The number of hydrogen-bond acceptors (Lipinski definition) is 3. The molecule has 0 aliphatic heterocycles. The van der Waals surface area contributed by atoms with Gasteiger partial charge in [-0.2, -0.15) is 0 Å². The summed E-state index contributed by atoms with van der Waals surface area (Å²) in [4.78, 5) is 3.82. The molecule has 2 aromatic rings. The quantitative estimate of drug-likeness (QED) is 0.843. The van der Waals surface area contributed by atoms with E-state index in [-0.39, 0.29) is 0 Å². The molecule has 1 N–H and O–H groups in total. The van der Waals surface area contributed by atoms with E-state index in [1.54, 1.807) is 6.20 Å². The summed E-state index contributed by atoms with van der Waals surface area (Å²) in [5.74, 6) is 0.796. The Labute approximate surface area is 86.7 Å². The molecule has 0 unspecified atom stereocenters. The van der Waals surface area contributed by atoms with Crippen molar-refractivity contribution in [1.82, 2.24) is 4.98 Å². The number of benzene rings is 1. The number of aromatic nitrogens is 1. The van der Waals surface area contributed by atoms with E-state index in [9.17, 15) is 0 Å². The normalized spacial score (nSPS) is 10.1. The van der Waals surface area contributed by atoms with Crippen molar-refractivity contribution >= 4 is 17.3 Å². The lowest BCUT2D eigenvalue weighted by Crippen LogP contribution is -1.97. The fourth-order valence-corrected chi connectivity index (χ4v) is 1.31. The van der Waals surface area contributed by atoms with Gasteiger partial charge in [0.2, 0.25) is 0 Å². The molecule has 3 nitrogen and oxygen atoms in total. The lowest BCUT2D eigenvalue weighted by molar-refractivity contribution is 0.512. The highest BCUT2D eigenvalue weighted by Gasteiger charge is 1.96. The molecule has 0 aliphatic carbocycles. The number of hydrogen-bond donors (Lipinski definition) is 1. The third-order valence-electron chi connectivity index (χ3n) is 1.77. The summed E-state index contributed by atoms with van der Waals surface area (Å²) >= 11 is 5.83. The van der Waals surface area contributed by atoms with E-state index in [0.717, 1.165) is 11.4 Å². The molecule has 14 heavy (non-hydrogen) atoms. The van der Waals surface area contributed by atoms with Crippen LogP contribution in [0.3, 0.4) is 0 Å². The molecular weight excluding hydrogens is 200 g/mol. The first-order chi connectivity index (χ1) is 6.84. The minimum Gasteiger partial charge on any atom is -0.447 e. The van der Waals surface area contributed by atoms with Crippen LogP contribution in [0.25, 0.3) is 0 Å². The number of rotatable bonds is 3. The monoisotopic (exact) mass is 208 g/mol. The van der Waals surface area contributed by atoms with Crippen LogP contribution in [0.4, 0.5) is 5.69 Å². The molecule has 2 rings (SSSR count). The molecule has 4 heteroatoms. The van der Waals surface area contributed by atoms with Crippen molar-refractivity contribution < 1.29 is 4.42 Å². The van der Waals surface area contributed by atoms with Crippen LogP contribution < -0.4 is 5.32 Å². The maximum atomic E-state index is 5.83. The minimum absolute atomic E-state index is 0.611. The largest absolute Gasteiger partial charge is 0.447 e. The number of nitrogens with zero attached hydrogens (tertiary/aromatic N) is 1. The summed E-state index contributed by atoms with van der Waals surface area (Å²) in [5, 5.41) is 3.89. The predicted molar refractivity (Wildman–Crippen MR) is 55.3 cm³/mol. The minimum atomic E-state index is 0.611. The molecule has 0 amide bonds. The van der Waals surface area contributed by atoms with Gasteiger partial charge in [0.15, 0.2) is 6.39 Å². The van der Waals surface area contributed by atoms with Crippen molar-refractivity contribution in [1.29, 1.82) is 0 Å². The summed E-state index contributed by atoms with van der Waals surface area (Å²) in [6.07, 6.45) is 3.09. The number of halogens is 1. The summed E-state index contributed by atoms with van der Waals surface area (Å²) < 4.78 is 5.08. The Morgan fingerprint density at radius 1 is 1.43 bits per heavy atom. The molecule has 0 saturated carbocycles. The van der Waals surface area contributed by atoms with Crippen LogP contribution >= 0.6 is 11.6 Å². The summed E-state index contributed by atoms with van der Waals surface area (Å²) in [7, 11) is 0. The van der Waals surface area contributed by atoms with Gasteiger partial charge in [0, 0.05) is 10.7 Å². The zero-order chi connectivity index (χ0) is 9.80. The molecule has 0 radical (unpaired) electrons. The van der Waals surface area contributed by atoms with Gasteiger partial charge in [-0.3, -0.25) is 0 Å². The van der Waals surface area contributed by atoms with E-state index in [0.29, 0.717) is 11.6 Å². The highest BCUT2D eigenvalue weighted by Crippen LogP contribution is 2.15. The van der Waals surface area contributed by atoms with Gasteiger partial charge < -0.3 is 9.73 Å². The molecule has 0 fully saturated rings. The third-order valence-corrected chi connectivity index (χ3v) is 2.01. The highest BCUT2D eigenvalue weighted by atomic mass is 35.5. The third kappa shape index (κ3) is 2.26. The first-order valence-electron chi connectivity index (χ1n) is 4.21. The van der Waals surface area contributed by atoms with Gasteiger partial charge in [-0.05, 0) is 18.2 Å². The Hall–Kier alpha value is -1.48. The van der Waals surface area contributed by atoms with Crippen LogP contribution in [0.2, 0.25) is 5.02 Å². The number of oxazole rings is 1. The second-order valence-electron chi connectivity index (χ2n) is 2.83. The lowest BCUT2D eigenvalue weighted by atomic mass is 10.3. The molecule has 0 saturated heterocycles. The first-order valence-corrected chi connectivity index (χ1v) is 4.59. The van der Waals surface area contributed by atoms with Gasteiger partial charge in [-0.25, -0.2) is 4.98 Å². The number of anilines is 1. The van der Waals surface area contributed by atoms with Gasteiger partial charge in [-0.1, -0.05) is 17.7 Å². The average Bonchev–Trinajstić information content (AvgIpc) is 2.67. The lowest BCUT2D eigenvalue weighted by Gasteiger charge is -2.03. The molecule has 1 aromatic carbocycles. The Morgan fingerprint density at radius 3 is 3.07 bits per heavy atom. The van der Waals surface area contributed by atoms with Crippen molar-refractivity contribution in [2.45, 2.75) is 6.54 Å². The fourth-order valence-electron chi connectivity index (χ4n) is 1.12. The molecule has 0 aliphatic rings. The first kappa shape index (κ1) is 9.09. The van der Waals surface area contributed by atoms with E-state index in [2.05, 4.69) is 10.3 Å². The van der Waals surface area contributed by atoms with Gasteiger partial charge in [0.05, 0.1) is 12.7 Å². The topological polar surface area (TPSA) is 38.1 Å². The zero-order valence-corrected chi connectivity index (χ0v) is 8.16. The van der Waals surface area contributed by atoms with Crippen molar-refractivity contribution in [3.63, 3.8) is 0 Å². The van der Waals surface area contributed by atoms with Crippen LogP contribution in [-0.2, 0) is 6.54 Å². The maximum absolute atomic E-state index is 5.83. The van der Waals surface area contributed by atoms with Gasteiger partial charge >= 0.3 is 0 Å². The van der Waals surface area contributed by atoms with Crippen LogP contribution in [0.1, 0.15) is 5.76 Å². The van der Waals surface area contributed by atoms with Crippen molar-refractivity contribution in [2.24, 2.45) is 0 Å². The Bertz CT molecular complexity index is 400. The summed E-state index contributed by atoms with van der Waals surface area (Å²) in [6, 6.07) is 7.53. The van der Waals surface area contributed by atoms with Crippen molar-refractivity contribution in [2.75, 3.05) is 5.32 Å². The summed E-state index contributed by atoms with van der Waals surface area (Å²) in [6.45, 7) is 0.611. The molecule has 0 bridgehead atoms. The van der Waals surface area contributed by atoms with Gasteiger partial charge in [-0.15, -0.1) is 0 Å². The summed E-state index contributed by atoms with van der Waals surface area (Å²) in [5.41, 5.74) is 0.967. The van der Waals surface area contributed by atoms with Crippen LogP contribution in [0.5, 0.6) is 0 Å². The average molecular weight is 209 g/mol. The van der Waals surface area contributed by atoms with E-state index >= 15 is 0 Å². The van der Waals surface area contributed by atoms with Crippen LogP contribution in [-0.4, -0.2) is 4.98 Å². The standard InChI is InChI=1S/C10H9ClN2O/c11-8-2-1-3-9(4-8)13-6-10-5-12-7-14-10/h1-5,7,13H,6H2. The molecule has 1 aromatic heterocycles. The maximum Gasteiger partial charge on any atom is 0.180 e. The molecule has 72 valence electrons. The number of nitrogens with one attached hydrogen (secondary N) is 1. The molecule has 0 atom stereocenters. The predicted octanol–water partition coefficient (Wildman–Crippen LogP) is 2.94. The second-order valence-corrected chi connectivity index (χ2v) is 3.27. The second kappa shape index (κ2) is 4.15. The van der Waals surface area contributed by atoms with Crippen molar-refractivity contribution in [3.05, 3.63) is 47.6 Å². The van der Waals surface area contributed by atoms with Gasteiger partial charge in [0.1, 0.15) is 5.76 Å². The van der Waals surface area contributed by atoms with Crippen molar-refractivity contribution in [3.8, 4) is 0 Å². The van der Waals surface area contributed by atoms with E-state index in [1.165, 1.54) is 6.39 Å². The van der Waals surface area contributed by atoms with E-state index in [4.69, 9.17) is 16.0 Å². The molecule has 0 spiro atoms. The Kier molecular flexibility index (Phi) is 2.70. The SMILES string of the molecule is Clc1cccc(NCc2cnco2)c1. The smallest absolute Gasteiger partial charge is 0.180 e. The van der Waals surface area contributed by atoms with E-state index in [1.807, 2.05) is 24.3 Å². The van der Waals surface area contributed by atoms with Crippen LogP contribution in [0, 0.1) is 0 Å². The van der Waals surface area contributed by atoms with Gasteiger partial charge in [0.25, 0.3) is 0 Å².